The highest BCUT2D eigenvalue weighted by Crippen LogP contribution is 2.32. The minimum absolute atomic E-state index is 0.121. The summed E-state index contributed by atoms with van der Waals surface area (Å²) in [5.74, 6) is 0. The van der Waals surface area contributed by atoms with Crippen LogP contribution in [0.25, 0.3) is 0 Å². The van der Waals surface area contributed by atoms with E-state index in [0.29, 0.717) is 17.3 Å². The molecular formula is C9H7BrClF3. The third kappa shape index (κ3) is 3.17. The van der Waals surface area contributed by atoms with Gasteiger partial charge in [0.25, 0.3) is 0 Å². The van der Waals surface area contributed by atoms with Crippen molar-refractivity contribution in [1.82, 2.24) is 0 Å². The lowest BCUT2D eigenvalue weighted by Gasteiger charge is -2.09. The molecular weight excluding hydrogens is 280 g/mol. The number of hydrogen-bond donors (Lipinski definition) is 0. The van der Waals surface area contributed by atoms with Crippen LogP contribution in [-0.2, 0) is 12.6 Å². The quantitative estimate of drug-likeness (QED) is 0.712. The molecule has 0 heterocycles. The van der Waals surface area contributed by atoms with Gasteiger partial charge in [0.05, 0.1) is 5.56 Å². The second-order valence-corrected chi connectivity index (χ2v) is 4.01. The minimum atomic E-state index is -4.33. The SMILES string of the molecule is FC(F)(F)c1cc(Cl)cc(CCBr)c1. The van der Waals surface area contributed by atoms with E-state index >= 15 is 0 Å². The number of hydrogen-bond acceptors (Lipinski definition) is 0. The minimum Gasteiger partial charge on any atom is -0.166 e. The van der Waals surface area contributed by atoms with E-state index in [1.165, 1.54) is 6.07 Å². The topological polar surface area (TPSA) is 0 Å². The fraction of sp³-hybridized carbons (Fsp3) is 0.333. The van der Waals surface area contributed by atoms with E-state index in [1.54, 1.807) is 0 Å². The summed E-state index contributed by atoms with van der Waals surface area (Å²) in [7, 11) is 0. The number of halogens is 5. The van der Waals surface area contributed by atoms with Crippen molar-refractivity contribution in [3.63, 3.8) is 0 Å². The van der Waals surface area contributed by atoms with Crippen molar-refractivity contribution < 1.29 is 13.2 Å². The van der Waals surface area contributed by atoms with Crippen LogP contribution < -0.4 is 0 Å². The first-order valence-corrected chi connectivity index (χ1v) is 5.36. The Kier molecular flexibility index (Phi) is 3.84. The van der Waals surface area contributed by atoms with Crippen LogP contribution in [0.4, 0.5) is 13.2 Å². The van der Waals surface area contributed by atoms with Gasteiger partial charge in [-0.15, -0.1) is 0 Å². The first kappa shape index (κ1) is 11.9. The van der Waals surface area contributed by atoms with Crippen LogP contribution in [0.3, 0.4) is 0 Å². The molecule has 78 valence electrons. The molecule has 0 N–H and O–H groups in total. The Morgan fingerprint density at radius 3 is 2.36 bits per heavy atom. The van der Waals surface area contributed by atoms with E-state index in [2.05, 4.69) is 15.9 Å². The third-order valence-electron chi connectivity index (χ3n) is 1.67. The normalized spacial score (nSPS) is 11.8. The molecule has 0 unspecified atom stereocenters. The van der Waals surface area contributed by atoms with Crippen LogP contribution in [0.15, 0.2) is 18.2 Å². The van der Waals surface area contributed by atoms with Crippen molar-refractivity contribution in [2.24, 2.45) is 0 Å². The molecule has 0 aliphatic heterocycles. The average molecular weight is 288 g/mol. The van der Waals surface area contributed by atoms with Crippen LogP contribution in [0, 0.1) is 0 Å². The maximum absolute atomic E-state index is 12.3. The monoisotopic (exact) mass is 286 g/mol. The number of rotatable bonds is 2. The van der Waals surface area contributed by atoms with Crippen molar-refractivity contribution in [3.05, 3.63) is 34.3 Å². The lowest BCUT2D eigenvalue weighted by atomic mass is 10.1. The Bertz CT molecular complexity index is 322. The lowest BCUT2D eigenvalue weighted by molar-refractivity contribution is -0.137. The van der Waals surface area contributed by atoms with Gasteiger partial charge in [-0.25, -0.2) is 0 Å². The Labute approximate surface area is 93.2 Å². The van der Waals surface area contributed by atoms with Crippen molar-refractivity contribution in [3.8, 4) is 0 Å². The van der Waals surface area contributed by atoms with Gasteiger partial charge in [-0.05, 0) is 30.2 Å². The van der Waals surface area contributed by atoms with Gasteiger partial charge in [0, 0.05) is 10.4 Å². The van der Waals surface area contributed by atoms with Crippen LogP contribution >= 0.6 is 27.5 Å². The maximum Gasteiger partial charge on any atom is 0.416 e. The van der Waals surface area contributed by atoms with Gasteiger partial charge < -0.3 is 0 Å². The zero-order valence-corrected chi connectivity index (χ0v) is 9.38. The fourth-order valence-electron chi connectivity index (χ4n) is 1.07. The third-order valence-corrected chi connectivity index (χ3v) is 2.28. The maximum atomic E-state index is 12.3. The summed E-state index contributed by atoms with van der Waals surface area (Å²) in [4.78, 5) is 0. The lowest BCUT2D eigenvalue weighted by Crippen LogP contribution is -2.05. The Hall–Kier alpha value is -0.220. The van der Waals surface area contributed by atoms with E-state index in [1.807, 2.05) is 0 Å². The van der Waals surface area contributed by atoms with Gasteiger partial charge in [-0.1, -0.05) is 27.5 Å². The van der Waals surface area contributed by atoms with E-state index in [0.717, 1.165) is 12.1 Å². The molecule has 1 aromatic carbocycles. The Morgan fingerprint density at radius 2 is 1.86 bits per heavy atom. The van der Waals surface area contributed by atoms with Crippen molar-refractivity contribution in [1.29, 1.82) is 0 Å². The summed E-state index contributed by atoms with van der Waals surface area (Å²) in [6.07, 6.45) is -3.80. The first-order valence-electron chi connectivity index (χ1n) is 3.86. The predicted octanol–water partition coefficient (Wildman–Crippen LogP) is 4.30. The molecule has 0 atom stereocenters. The summed E-state index contributed by atoms with van der Waals surface area (Å²) in [6.45, 7) is 0. The molecule has 0 spiro atoms. The molecule has 0 aliphatic rings. The molecule has 0 saturated carbocycles. The van der Waals surface area contributed by atoms with Crippen LogP contribution in [0.2, 0.25) is 5.02 Å². The van der Waals surface area contributed by atoms with E-state index < -0.39 is 11.7 Å². The summed E-state index contributed by atoms with van der Waals surface area (Å²) >= 11 is 8.74. The van der Waals surface area contributed by atoms with Gasteiger partial charge in [0.2, 0.25) is 0 Å². The van der Waals surface area contributed by atoms with Gasteiger partial charge in [-0.3, -0.25) is 0 Å². The highest BCUT2D eigenvalue weighted by molar-refractivity contribution is 9.09. The largest absolute Gasteiger partial charge is 0.416 e. The highest BCUT2D eigenvalue weighted by atomic mass is 79.9. The Morgan fingerprint density at radius 1 is 1.21 bits per heavy atom. The second-order valence-electron chi connectivity index (χ2n) is 2.78. The molecule has 0 nitrogen and oxygen atoms in total. The number of alkyl halides is 4. The summed E-state index contributed by atoms with van der Waals surface area (Å²) < 4.78 is 37.0. The average Bonchev–Trinajstić information content (AvgIpc) is 2.02. The number of benzene rings is 1. The second kappa shape index (κ2) is 4.53. The van der Waals surface area contributed by atoms with Crippen molar-refractivity contribution in [2.75, 3.05) is 5.33 Å². The number of aryl methyl sites for hydroxylation is 1. The van der Waals surface area contributed by atoms with Gasteiger partial charge >= 0.3 is 6.18 Å². The molecule has 0 fully saturated rings. The summed E-state index contributed by atoms with van der Waals surface area (Å²) in [6, 6.07) is 3.59. The smallest absolute Gasteiger partial charge is 0.166 e. The van der Waals surface area contributed by atoms with E-state index in [-0.39, 0.29) is 5.02 Å². The molecule has 0 aliphatic carbocycles. The van der Waals surface area contributed by atoms with Crippen molar-refractivity contribution in [2.45, 2.75) is 12.6 Å². The van der Waals surface area contributed by atoms with Crippen LogP contribution in [-0.4, -0.2) is 5.33 Å². The highest BCUT2D eigenvalue weighted by Gasteiger charge is 2.30. The van der Waals surface area contributed by atoms with Gasteiger partial charge in [0.1, 0.15) is 0 Å². The van der Waals surface area contributed by atoms with Gasteiger partial charge in [-0.2, -0.15) is 13.2 Å². The van der Waals surface area contributed by atoms with Gasteiger partial charge in [0.15, 0.2) is 0 Å². The molecule has 5 heteroatoms. The molecule has 0 bridgehead atoms. The molecule has 0 radical (unpaired) electrons. The summed E-state index contributed by atoms with van der Waals surface area (Å²) in [5, 5.41) is 0.737. The van der Waals surface area contributed by atoms with E-state index in [9.17, 15) is 13.2 Å². The first-order chi connectivity index (χ1) is 6.43. The molecule has 0 aromatic heterocycles. The van der Waals surface area contributed by atoms with Crippen molar-refractivity contribution >= 4 is 27.5 Å². The summed E-state index contributed by atoms with van der Waals surface area (Å²) in [5.41, 5.74) is -0.109. The standard InChI is InChI=1S/C9H7BrClF3/c10-2-1-6-3-7(9(12,13)14)5-8(11)4-6/h3-5H,1-2H2. The molecule has 0 saturated heterocycles. The molecule has 14 heavy (non-hydrogen) atoms. The fourth-order valence-corrected chi connectivity index (χ4v) is 1.78. The van der Waals surface area contributed by atoms with Crippen LogP contribution in [0.1, 0.15) is 11.1 Å². The van der Waals surface area contributed by atoms with Crippen LogP contribution in [0.5, 0.6) is 0 Å². The molecule has 1 rings (SSSR count). The molecule has 1 aromatic rings. The van der Waals surface area contributed by atoms with E-state index in [4.69, 9.17) is 11.6 Å². The zero-order chi connectivity index (χ0) is 10.8. The Balaban J connectivity index is 3.07. The predicted molar refractivity (Wildman–Crippen MR) is 54.0 cm³/mol. The molecule has 0 amide bonds. The zero-order valence-electron chi connectivity index (χ0n) is 7.04.